The SMILES string of the molecule is COc1ccccc1CC(=O)NCCN1C(=O)S/C(=C\c2ccc(Cl)c(Cl)c2)C1=O. The molecule has 0 aromatic heterocycles. The molecular weight excluding hydrogens is 447 g/mol. The summed E-state index contributed by atoms with van der Waals surface area (Å²) in [6.45, 7) is 0.243. The third-order valence-corrected chi connectivity index (χ3v) is 5.96. The van der Waals surface area contributed by atoms with Gasteiger partial charge in [0.25, 0.3) is 11.1 Å². The molecule has 1 aliphatic heterocycles. The number of nitrogens with zero attached hydrogens (tertiary/aromatic N) is 1. The predicted molar refractivity (Wildman–Crippen MR) is 119 cm³/mol. The van der Waals surface area contributed by atoms with Crippen molar-refractivity contribution in [2.45, 2.75) is 6.42 Å². The second-order valence-corrected chi connectivity index (χ2v) is 8.15. The van der Waals surface area contributed by atoms with E-state index in [1.165, 1.54) is 0 Å². The number of amides is 3. The first-order valence-corrected chi connectivity index (χ1v) is 10.6. The molecule has 156 valence electrons. The molecule has 1 saturated heterocycles. The average molecular weight is 465 g/mol. The molecule has 0 aliphatic carbocycles. The predicted octanol–water partition coefficient (Wildman–Crippen LogP) is 4.40. The molecule has 3 rings (SSSR count). The normalized spacial score (nSPS) is 15.0. The standard InChI is InChI=1S/C21H18Cl2N2O4S/c1-29-17-5-3-2-4-14(17)12-19(26)24-8-9-25-20(27)18(30-21(25)28)11-13-6-7-15(22)16(23)10-13/h2-7,10-11H,8-9,12H2,1H3,(H,24,26)/b18-11-. The zero-order valence-electron chi connectivity index (χ0n) is 16.0. The number of imide groups is 1. The highest BCUT2D eigenvalue weighted by atomic mass is 35.5. The van der Waals surface area contributed by atoms with Crippen LogP contribution >= 0.6 is 35.0 Å². The summed E-state index contributed by atoms with van der Waals surface area (Å²) in [6.07, 6.45) is 1.73. The van der Waals surface area contributed by atoms with Crippen LogP contribution in [0.25, 0.3) is 6.08 Å². The van der Waals surface area contributed by atoms with Crippen LogP contribution in [0.2, 0.25) is 10.0 Å². The number of para-hydroxylation sites is 1. The lowest BCUT2D eigenvalue weighted by molar-refractivity contribution is -0.124. The largest absolute Gasteiger partial charge is 0.496 e. The van der Waals surface area contributed by atoms with Gasteiger partial charge in [0, 0.05) is 18.7 Å². The first-order chi connectivity index (χ1) is 14.4. The van der Waals surface area contributed by atoms with Crippen LogP contribution in [-0.2, 0) is 16.0 Å². The summed E-state index contributed by atoms with van der Waals surface area (Å²) < 4.78 is 5.23. The number of hydrogen-bond donors (Lipinski definition) is 1. The van der Waals surface area contributed by atoms with Crippen LogP contribution in [0, 0.1) is 0 Å². The molecule has 1 N–H and O–H groups in total. The van der Waals surface area contributed by atoms with Crippen LogP contribution in [0.3, 0.4) is 0 Å². The Morgan fingerprint density at radius 2 is 1.93 bits per heavy atom. The fraction of sp³-hybridized carbons (Fsp3) is 0.190. The molecule has 1 aliphatic rings. The molecule has 0 radical (unpaired) electrons. The van der Waals surface area contributed by atoms with Crippen LogP contribution < -0.4 is 10.1 Å². The first kappa shape index (κ1) is 22.2. The van der Waals surface area contributed by atoms with E-state index in [-0.39, 0.29) is 30.7 Å². The van der Waals surface area contributed by atoms with Crippen molar-refractivity contribution in [1.29, 1.82) is 0 Å². The van der Waals surface area contributed by atoms with Gasteiger partial charge in [-0.15, -0.1) is 0 Å². The summed E-state index contributed by atoms with van der Waals surface area (Å²) in [7, 11) is 1.54. The lowest BCUT2D eigenvalue weighted by atomic mass is 10.1. The summed E-state index contributed by atoms with van der Waals surface area (Å²) in [5.41, 5.74) is 1.42. The van der Waals surface area contributed by atoms with Crippen molar-refractivity contribution in [2.75, 3.05) is 20.2 Å². The van der Waals surface area contributed by atoms with E-state index in [4.69, 9.17) is 27.9 Å². The van der Waals surface area contributed by atoms with Gasteiger partial charge in [-0.05, 0) is 41.6 Å². The van der Waals surface area contributed by atoms with Gasteiger partial charge < -0.3 is 10.1 Å². The number of nitrogens with one attached hydrogen (secondary N) is 1. The quantitative estimate of drug-likeness (QED) is 0.614. The van der Waals surface area contributed by atoms with Crippen LogP contribution in [0.4, 0.5) is 4.79 Å². The Hall–Kier alpha value is -2.48. The average Bonchev–Trinajstić information content (AvgIpc) is 2.98. The molecule has 0 saturated carbocycles. The van der Waals surface area contributed by atoms with E-state index in [2.05, 4.69) is 5.32 Å². The molecule has 3 amide bonds. The molecule has 0 spiro atoms. The third-order valence-electron chi connectivity index (χ3n) is 4.32. The summed E-state index contributed by atoms with van der Waals surface area (Å²) >= 11 is 12.7. The molecule has 6 nitrogen and oxygen atoms in total. The van der Waals surface area contributed by atoms with E-state index in [1.54, 1.807) is 37.5 Å². The van der Waals surface area contributed by atoms with Gasteiger partial charge in [-0.25, -0.2) is 0 Å². The number of carbonyl (C=O) groups is 3. The Labute approximate surface area is 188 Å². The van der Waals surface area contributed by atoms with Gasteiger partial charge >= 0.3 is 0 Å². The minimum absolute atomic E-state index is 0.0844. The third kappa shape index (κ3) is 5.36. The van der Waals surface area contributed by atoms with Crippen LogP contribution in [0.15, 0.2) is 47.4 Å². The number of halogens is 2. The Bertz CT molecular complexity index is 1030. The monoisotopic (exact) mass is 464 g/mol. The van der Waals surface area contributed by atoms with E-state index in [0.29, 0.717) is 26.3 Å². The minimum atomic E-state index is -0.407. The molecule has 2 aromatic rings. The Morgan fingerprint density at radius 3 is 2.67 bits per heavy atom. The summed E-state index contributed by atoms with van der Waals surface area (Å²) in [4.78, 5) is 38.3. The van der Waals surface area contributed by atoms with Crippen LogP contribution in [-0.4, -0.2) is 42.2 Å². The van der Waals surface area contributed by atoms with Gasteiger partial charge in [0.05, 0.1) is 28.5 Å². The van der Waals surface area contributed by atoms with Gasteiger partial charge in [-0.3, -0.25) is 19.3 Å². The molecule has 1 heterocycles. The summed E-state index contributed by atoms with van der Waals surface area (Å²) in [5.74, 6) is -0.00102. The fourth-order valence-corrected chi connectivity index (χ4v) is 4.01. The molecule has 9 heteroatoms. The van der Waals surface area contributed by atoms with Crippen molar-refractivity contribution < 1.29 is 19.1 Å². The maximum absolute atomic E-state index is 12.6. The van der Waals surface area contributed by atoms with Crippen LogP contribution in [0.5, 0.6) is 5.75 Å². The lowest BCUT2D eigenvalue weighted by Crippen LogP contribution is -2.37. The van der Waals surface area contributed by atoms with E-state index in [1.807, 2.05) is 18.2 Å². The Kier molecular flexibility index (Phi) is 7.42. The van der Waals surface area contributed by atoms with Gasteiger partial charge in [0.2, 0.25) is 5.91 Å². The van der Waals surface area contributed by atoms with E-state index in [9.17, 15) is 14.4 Å². The number of hydrogen-bond acceptors (Lipinski definition) is 5. The number of thioether (sulfide) groups is 1. The minimum Gasteiger partial charge on any atom is -0.496 e. The lowest BCUT2D eigenvalue weighted by Gasteiger charge is -2.13. The maximum atomic E-state index is 12.6. The summed E-state index contributed by atoms with van der Waals surface area (Å²) in [5, 5.41) is 3.11. The Balaban J connectivity index is 1.56. The molecule has 2 aromatic carbocycles. The topological polar surface area (TPSA) is 75.7 Å². The fourth-order valence-electron chi connectivity index (χ4n) is 2.84. The van der Waals surface area contributed by atoms with Gasteiger partial charge in [-0.1, -0.05) is 47.5 Å². The number of methoxy groups -OCH3 is 1. The zero-order chi connectivity index (χ0) is 21.7. The number of ether oxygens (including phenoxy) is 1. The first-order valence-electron chi connectivity index (χ1n) is 8.98. The highest BCUT2D eigenvalue weighted by molar-refractivity contribution is 8.18. The van der Waals surface area contributed by atoms with Crippen molar-refractivity contribution in [3.05, 3.63) is 68.5 Å². The number of rotatable bonds is 7. The molecule has 1 fully saturated rings. The number of benzene rings is 2. The Morgan fingerprint density at radius 1 is 1.17 bits per heavy atom. The molecular formula is C21H18Cl2N2O4S. The molecule has 30 heavy (non-hydrogen) atoms. The van der Waals surface area contributed by atoms with Crippen LogP contribution in [0.1, 0.15) is 11.1 Å². The van der Waals surface area contributed by atoms with Crippen molar-refractivity contribution >= 4 is 58.1 Å². The van der Waals surface area contributed by atoms with Crippen molar-refractivity contribution in [2.24, 2.45) is 0 Å². The van der Waals surface area contributed by atoms with Gasteiger partial charge in [0.15, 0.2) is 0 Å². The highest BCUT2D eigenvalue weighted by Crippen LogP contribution is 2.33. The highest BCUT2D eigenvalue weighted by Gasteiger charge is 2.34. The van der Waals surface area contributed by atoms with E-state index in [0.717, 1.165) is 22.2 Å². The molecule has 0 unspecified atom stereocenters. The second-order valence-electron chi connectivity index (χ2n) is 6.35. The maximum Gasteiger partial charge on any atom is 0.293 e. The number of carbonyl (C=O) groups excluding carboxylic acids is 3. The smallest absolute Gasteiger partial charge is 0.293 e. The van der Waals surface area contributed by atoms with Gasteiger partial charge in [-0.2, -0.15) is 0 Å². The second kappa shape index (κ2) is 10.0. The van der Waals surface area contributed by atoms with Crippen molar-refractivity contribution in [3.63, 3.8) is 0 Å². The van der Waals surface area contributed by atoms with Crippen molar-refractivity contribution in [3.8, 4) is 5.75 Å². The zero-order valence-corrected chi connectivity index (χ0v) is 18.3. The molecule has 0 atom stereocenters. The summed E-state index contributed by atoms with van der Waals surface area (Å²) in [6, 6.07) is 12.2. The molecule has 0 bridgehead atoms. The van der Waals surface area contributed by atoms with Gasteiger partial charge in [0.1, 0.15) is 5.75 Å². The van der Waals surface area contributed by atoms with E-state index < -0.39 is 5.91 Å². The van der Waals surface area contributed by atoms with E-state index >= 15 is 0 Å². The van der Waals surface area contributed by atoms with Crippen molar-refractivity contribution in [1.82, 2.24) is 10.2 Å².